The van der Waals surface area contributed by atoms with Gasteiger partial charge in [0.1, 0.15) is 11.6 Å². The van der Waals surface area contributed by atoms with Crippen LogP contribution in [0.4, 0.5) is 17.2 Å². The average Bonchev–Trinajstić information content (AvgIpc) is 2.87. The molecule has 190 valence electrons. The number of nitrogens with two attached hydrogens (primary N) is 1. The molecule has 2 aromatic carbocycles. The predicted molar refractivity (Wildman–Crippen MR) is 148 cm³/mol. The zero-order chi connectivity index (χ0) is 25.3. The third kappa shape index (κ3) is 4.93. The number of pyridine rings is 1. The minimum Gasteiger partial charge on any atom is -0.493 e. The first-order valence-corrected chi connectivity index (χ1v) is 13.0. The number of benzene rings is 2. The van der Waals surface area contributed by atoms with Crippen LogP contribution < -0.4 is 20.3 Å². The molecule has 2 aliphatic heterocycles. The number of hydrogen-bond acceptors (Lipinski definition) is 6. The molecule has 0 aliphatic carbocycles. The van der Waals surface area contributed by atoms with Gasteiger partial charge in [-0.2, -0.15) is 0 Å². The highest BCUT2D eigenvalue weighted by molar-refractivity contribution is 5.92. The Kier molecular flexibility index (Phi) is 6.91. The van der Waals surface area contributed by atoms with Gasteiger partial charge in [-0.1, -0.05) is 39.5 Å². The zero-order valence-electron chi connectivity index (χ0n) is 21.7. The predicted octanol–water partition coefficient (Wildman–Crippen LogP) is 5.98. The Bertz CT molecular complexity index is 1230. The molecule has 36 heavy (non-hydrogen) atoms. The summed E-state index contributed by atoms with van der Waals surface area (Å²) in [6, 6.07) is 17.3. The van der Waals surface area contributed by atoms with Gasteiger partial charge in [0, 0.05) is 36.1 Å². The van der Waals surface area contributed by atoms with Gasteiger partial charge < -0.3 is 25.0 Å². The van der Waals surface area contributed by atoms with Crippen LogP contribution in [0, 0.1) is 5.41 Å². The van der Waals surface area contributed by atoms with Crippen molar-refractivity contribution < 1.29 is 9.47 Å². The lowest BCUT2D eigenvalue weighted by Crippen LogP contribution is -2.44. The molecule has 0 amide bonds. The molecule has 6 heteroatoms. The lowest BCUT2D eigenvalue weighted by molar-refractivity contribution is -0.120. The fraction of sp³-hybridized carbons (Fsp3) is 0.433. The van der Waals surface area contributed by atoms with Gasteiger partial charge in [-0.25, -0.2) is 4.98 Å². The second-order valence-electron chi connectivity index (χ2n) is 10.9. The van der Waals surface area contributed by atoms with E-state index in [-0.39, 0.29) is 5.41 Å². The third-order valence-corrected chi connectivity index (χ3v) is 7.36. The molecule has 2 fully saturated rings. The van der Waals surface area contributed by atoms with Gasteiger partial charge >= 0.3 is 0 Å². The standard InChI is InChI=1S/C30H38N4O2/c1-5-34(26-11-10-24(17-25(26)21(2)3)36-20-30(4)18-35-19-30)28-12-9-22-7-6-8-27(29(22)32-28)33-15-13-23(31)14-16-33/h5-12,17,21,23H,1,13-16,18-20,31H2,2-4H3. The topological polar surface area (TPSA) is 63.9 Å². The molecule has 0 atom stereocenters. The highest BCUT2D eigenvalue weighted by Gasteiger charge is 2.34. The van der Waals surface area contributed by atoms with E-state index >= 15 is 0 Å². The fourth-order valence-electron chi connectivity index (χ4n) is 5.06. The van der Waals surface area contributed by atoms with E-state index in [4.69, 9.17) is 20.2 Å². The second-order valence-corrected chi connectivity index (χ2v) is 10.9. The van der Waals surface area contributed by atoms with Crippen LogP contribution in [-0.2, 0) is 4.74 Å². The second kappa shape index (κ2) is 10.1. The van der Waals surface area contributed by atoms with Crippen molar-refractivity contribution in [2.45, 2.75) is 45.6 Å². The molecule has 5 rings (SSSR count). The quantitative estimate of drug-likeness (QED) is 0.422. The Morgan fingerprint density at radius 3 is 2.64 bits per heavy atom. The summed E-state index contributed by atoms with van der Waals surface area (Å²) in [7, 11) is 0. The van der Waals surface area contributed by atoms with Gasteiger partial charge in [0.25, 0.3) is 0 Å². The van der Waals surface area contributed by atoms with Gasteiger partial charge in [-0.3, -0.25) is 0 Å². The molecule has 1 aromatic heterocycles. The SMILES string of the molecule is C=CN(c1ccc2cccc(N3CCC(N)CC3)c2n1)c1ccc(OCC2(C)COC2)cc1C(C)C. The van der Waals surface area contributed by atoms with Gasteiger partial charge in [0.2, 0.25) is 0 Å². The average molecular weight is 487 g/mol. The third-order valence-electron chi connectivity index (χ3n) is 7.36. The molecule has 2 N–H and O–H groups in total. The number of anilines is 3. The number of nitrogens with zero attached hydrogens (tertiary/aromatic N) is 3. The maximum Gasteiger partial charge on any atom is 0.137 e. The van der Waals surface area contributed by atoms with Crippen molar-refractivity contribution in [3.63, 3.8) is 0 Å². The van der Waals surface area contributed by atoms with E-state index < -0.39 is 0 Å². The number of rotatable bonds is 8. The van der Waals surface area contributed by atoms with E-state index in [1.54, 1.807) is 0 Å². The molecule has 2 saturated heterocycles. The smallest absolute Gasteiger partial charge is 0.137 e. The Balaban J connectivity index is 1.47. The molecule has 3 heterocycles. The van der Waals surface area contributed by atoms with E-state index in [9.17, 15) is 0 Å². The largest absolute Gasteiger partial charge is 0.493 e. The first-order chi connectivity index (χ1) is 17.4. The number of aromatic nitrogens is 1. The van der Waals surface area contributed by atoms with Crippen molar-refractivity contribution in [1.29, 1.82) is 0 Å². The molecule has 3 aromatic rings. The van der Waals surface area contributed by atoms with Crippen LogP contribution in [0.25, 0.3) is 10.9 Å². The molecule has 0 radical (unpaired) electrons. The number of para-hydroxylation sites is 1. The van der Waals surface area contributed by atoms with Crippen LogP contribution in [-0.4, -0.2) is 43.9 Å². The van der Waals surface area contributed by atoms with Gasteiger partial charge in [0.05, 0.1) is 36.7 Å². The number of piperidine rings is 1. The van der Waals surface area contributed by atoms with Crippen LogP contribution in [0.5, 0.6) is 5.75 Å². The Morgan fingerprint density at radius 2 is 1.97 bits per heavy atom. The lowest BCUT2D eigenvalue weighted by atomic mass is 9.90. The van der Waals surface area contributed by atoms with Crippen molar-refractivity contribution >= 4 is 28.1 Å². The Morgan fingerprint density at radius 1 is 1.19 bits per heavy atom. The Hall–Kier alpha value is -3.09. The van der Waals surface area contributed by atoms with Crippen LogP contribution in [0.2, 0.25) is 0 Å². The molecule has 0 bridgehead atoms. The fourth-order valence-corrected chi connectivity index (χ4v) is 5.06. The van der Waals surface area contributed by atoms with Crippen LogP contribution >= 0.6 is 0 Å². The summed E-state index contributed by atoms with van der Waals surface area (Å²) < 4.78 is 11.5. The van der Waals surface area contributed by atoms with Gasteiger partial charge in [-0.15, -0.1) is 0 Å². The number of hydrogen-bond donors (Lipinski definition) is 1. The van der Waals surface area contributed by atoms with E-state index in [2.05, 4.69) is 79.6 Å². The maximum atomic E-state index is 6.17. The zero-order valence-corrected chi connectivity index (χ0v) is 21.7. The van der Waals surface area contributed by atoms with Crippen molar-refractivity contribution in [3.05, 3.63) is 66.9 Å². The minimum absolute atomic E-state index is 0.107. The number of ether oxygens (including phenoxy) is 2. The number of fused-ring (bicyclic) bond motifs is 1. The van der Waals surface area contributed by atoms with E-state index in [1.807, 2.05) is 12.3 Å². The Labute approximate surface area is 214 Å². The summed E-state index contributed by atoms with van der Waals surface area (Å²) >= 11 is 0. The van der Waals surface area contributed by atoms with Crippen molar-refractivity contribution in [3.8, 4) is 5.75 Å². The van der Waals surface area contributed by atoms with Crippen LogP contribution in [0.15, 0.2) is 61.3 Å². The highest BCUT2D eigenvalue weighted by atomic mass is 16.5. The van der Waals surface area contributed by atoms with Crippen molar-refractivity contribution in [2.24, 2.45) is 11.1 Å². The van der Waals surface area contributed by atoms with E-state index in [0.29, 0.717) is 18.6 Å². The summed E-state index contributed by atoms with van der Waals surface area (Å²) in [6.45, 7) is 14.8. The minimum atomic E-state index is 0.107. The normalized spacial score (nSPS) is 17.8. The molecule has 2 aliphatic rings. The van der Waals surface area contributed by atoms with Gasteiger partial charge in [0.15, 0.2) is 0 Å². The summed E-state index contributed by atoms with van der Waals surface area (Å²) in [5.41, 5.74) is 10.7. The maximum absolute atomic E-state index is 6.17. The van der Waals surface area contributed by atoms with Crippen LogP contribution in [0.1, 0.15) is 45.1 Å². The molecule has 0 spiro atoms. The van der Waals surface area contributed by atoms with Gasteiger partial charge in [-0.05, 0) is 60.7 Å². The first kappa shape index (κ1) is 24.6. The molecule has 0 unspecified atom stereocenters. The first-order valence-electron chi connectivity index (χ1n) is 13.0. The lowest BCUT2D eigenvalue weighted by Gasteiger charge is -2.37. The van der Waals surface area contributed by atoms with Crippen LogP contribution in [0.3, 0.4) is 0 Å². The summed E-state index contributed by atoms with van der Waals surface area (Å²) in [5, 5.41) is 1.14. The molecule has 0 saturated carbocycles. The molecule has 6 nitrogen and oxygen atoms in total. The van der Waals surface area contributed by atoms with E-state index in [0.717, 1.165) is 67.3 Å². The molecular formula is C30H38N4O2. The highest BCUT2D eigenvalue weighted by Crippen LogP contribution is 2.37. The van der Waals surface area contributed by atoms with Crippen molar-refractivity contribution in [1.82, 2.24) is 4.98 Å². The summed E-state index contributed by atoms with van der Waals surface area (Å²) in [5.74, 6) is 2.05. The van der Waals surface area contributed by atoms with Crippen molar-refractivity contribution in [2.75, 3.05) is 42.7 Å². The monoisotopic (exact) mass is 486 g/mol. The molecular weight excluding hydrogens is 448 g/mol. The van der Waals surface area contributed by atoms with E-state index in [1.165, 1.54) is 11.3 Å². The summed E-state index contributed by atoms with van der Waals surface area (Å²) in [4.78, 5) is 9.67. The summed E-state index contributed by atoms with van der Waals surface area (Å²) in [6.07, 6.45) is 3.87.